The van der Waals surface area contributed by atoms with Crippen molar-refractivity contribution in [3.8, 4) is 5.69 Å². The predicted octanol–water partition coefficient (Wildman–Crippen LogP) is 4.85. The van der Waals surface area contributed by atoms with Crippen LogP contribution in [-0.2, 0) is 19.0 Å². The standard InChI is InChI=1S/C30H32N6O3/c1-35-26(29(38)31-16-23-8-5-9-39-23)25(17-32-35)33-28(37)24-18-36(22-6-3-2-4-7-22)34-27(24)30-13-19-10-20(14-30)12-21(11-19)15-30/h2-9,17-21H,10-16H2,1H3,(H,31,38)(H,33,37). The summed E-state index contributed by atoms with van der Waals surface area (Å²) in [6.45, 7) is 0.240. The van der Waals surface area contributed by atoms with Crippen LogP contribution in [-0.4, -0.2) is 31.4 Å². The van der Waals surface area contributed by atoms with Gasteiger partial charge < -0.3 is 15.1 Å². The third kappa shape index (κ3) is 4.26. The zero-order chi connectivity index (χ0) is 26.6. The molecule has 0 radical (unpaired) electrons. The van der Waals surface area contributed by atoms with Gasteiger partial charge in [0.1, 0.15) is 11.5 Å². The number of nitrogens with zero attached hydrogens (tertiary/aromatic N) is 4. The zero-order valence-electron chi connectivity index (χ0n) is 22.0. The Labute approximate surface area is 226 Å². The lowest BCUT2D eigenvalue weighted by atomic mass is 9.48. The molecule has 0 spiro atoms. The molecule has 4 aromatic rings. The number of para-hydroxylation sites is 1. The van der Waals surface area contributed by atoms with E-state index in [2.05, 4.69) is 15.7 Å². The molecular weight excluding hydrogens is 492 g/mol. The van der Waals surface area contributed by atoms with E-state index in [1.165, 1.54) is 30.1 Å². The SMILES string of the molecule is Cn1ncc(NC(=O)c2cn(-c3ccccc3)nc2C23CC4CC(CC(C4)C2)C3)c1C(=O)NCc1ccco1. The predicted molar refractivity (Wildman–Crippen MR) is 144 cm³/mol. The molecule has 3 aromatic heterocycles. The average molecular weight is 525 g/mol. The van der Waals surface area contributed by atoms with Crippen molar-refractivity contribution in [3.05, 3.63) is 83.8 Å². The van der Waals surface area contributed by atoms with Gasteiger partial charge in [0.15, 0.2) is 0 Å². The highest BCUT2D eigenvalue weighted by molar-refractivity contribution is 6.09. The third-order valence-electron chi connectivity index (χ3n) is 8.93. The van der Waals surface area contributed by atoms with Gasteiger partial charge in [-0.05, 0) is 80.5 Å². The Hall–Kier alpha value is -4.14. The normalized spacial score (nSPS) is 25.1. The molecule has 9 heteroatoms. The Morgan fingerprint density at radius 3 is 2.38 bits per heavy atom. The highest BCUT2D eigenvalue weighted by Crippen LogP contribution is 2.61. The summed E-state index contributed by atoms with van der Waals surface area (Å²) in [5, 5.41) is 15.2. The van der Waals surface area contributed by atoms with Gasteiger partial charge in [0.05, 0.1) is 41.6 Å². The van der Waals surface area contributed by atoms with E-state index in [4.69, 9.17) is 9.52 Å². The first kappa shape index (κ1) is 23.9. The zero-order valence-corrected chi connectivity index (χ0v) is 22.0. The number of carbonyl (C=O) groups is 2. The minimum atomic E-state index is -0.344. The van der Waals surface area contributed by atoms with Crippen molar-refractivity contribution in [1.82, 2.24) is 24.9 Å². The maximum Gasteiger partial charge on any atom is 0.272 e. The largest absolute Gasteiger partial charge is 0.467 e. The van der Waals surface area contributed by atoms with Crippen LogP contribution in [0.5, 0.6) is 0 Å². The summed E-state index contributed by atoms with van der Waals surface area (Å²) in [4.78, 5) is 27.0. The van der Waals surface area contributed by atoms with E-state index in [9.17, 15) is 9.59 Å². The summed E-state index contributed by atoms with van der Waals surface area (Å²) in [6.07, 6.45) is 12.2. The van der Waals surface area contributed by atoms with Gasteiger partial charge in [-0.1, -0.05) is 18.2 Å². The van der Waals surface area contributed by atoms with Crippen molar-refractivity contribution >= 4 is 17.5 Å². The van der Waals surface area contributed by atoms with Gasteiger partial charge in [-0.25, -0.2) is 4.68 Å². The van der Waals surface area contributed by atoms with Crippen LogP contribution in [0.4, 0.5) is 5.69 Å². The Balaban J connectivity index is 1.21. The topological polar surface area (TPSA) is 107 Å². The molecule has 2 N–H and O–H groups in total. The van der Waals surface area contributed by atoms with Crippen LogP contribution in [0.2, 0.25) is 0 Å². The molecule has 0 unspecified atom stereocenters. The number of rotatable bonds is 7. The lowest BCUT2D eigenvalue weighted by Gasteiger charge is -2.56. The van der Waals surface area contributed by atoms with Gasteiger partial charge >= 0.3 is 0 Å². The first-order chi connectivity index (χ1) is 19.0. The Morgan fingerprint density at radius 1 is 1.00 bits per heavy atom. The Kier molecular flexibility index (Phi) is 5.68. The van der Waals surface area contributed by atoms with E-state index in [1.807, 2.05) is 41.2 Å². The molecule has 4 aliphatic carbocycles. The van der Waals surface area contributed by atoms with E-state index in [-0.39, 0.29) is 29.5 Å². The summed E-state index contributed by atoms with van der Waals surface area (Å²) in [7, 11) is 1.69. The van der Waals surface area contributed by atoms with E-state index in [0.29, 0.717) is 17.0 Å². The summed E-state index contributed by atoms with van der Waals surface area (Å²) < 4.78 is 8.63. The molecule has 0 aliphatic heterocycles. The van der Waals surface area contributed by atoms with Gasteiger partial charge in [-0.2, -0.15) is 10.2 Å². The van der Waals surface area contributed by atoms with Crippen LogP contribution in [0.15, 0.2) is 65.5 Å². The maximum absolute atomic E-state index is 14.0. The second kappa shape index (κ2) is 9.25. The number of nitrogens with one attached hydrogen (secondary N) is 2. The number of carbonyl (C=O) groups excluding carboxylic acids is 2. The van der Waals surface area contributed by atoms with Crippen LogP contribution >= 0.6 is 0 Å². The number of hydrogen-bond acceptors (Lipinski definition) is 5. The number of aryl methyl sites for hydroxylation is 1. The molecule has 1 aromatic carbocycles. The monoisotopic (exact) mass is 524 g/mol. The smallest absolute Gasteiger partial charge is 0.272 e. The van der Waals surface area contributed by atoms with Crippen molar-refractivity contribution in [2.75, 3.05) is 5.32 Å². The van der Waals surface area contributed by atoms with Gasteiger partial charge in [-0.15, -0.1) is 0 Å². The minimum absolute atomic E-state index is 0.0698. The fourth-order valence-electron chi connectivity index (χ4n) is 7.70. The molecule has 4 aliphatic rings. The van der Waals surface area contributed by atoms with E-state index in [1.54, 1.807) is 25.4 Å². The summed E-state index contributed by atoms with van der Waals surface area (Å²) in [6, 6.07) is 13.5. The maximum atomic E-state index is 14.0. The number of amides is 2. The van der Waals surface area contributed by atoms with Crippen LogP contribution in [0.25, 0.3) is 5.69 Å². The molecule has 4 fully saturated rings. The first-order valence-electron chi connectivity index (χ1n) is 13.8. The van der Waals surface area contributed by atoms with Crippen LogP contribution in [0.3, 0.4) is 0 Å². The van der Waals surface area contributed by atoms with Crippen LogP contribution in [0.1, 0.15) is 70.8 Å². The van der Waals surface area contributed by atoms with Gasteiger partial charge in [0, 0.05) is 18.7 Å². The molecule has 4 saturated carbocycles. The Bertz CT molecular complexity index is 1480. The second-order valence-electron chi connectivity index (χ2n) is 11.6. The van der Waals surface area contributed by atoms with Crippen molar-refractivity contribution in [1.29, 1.82) is 0 Å². The van der Waals surface area contributed by atoms with Crippen molar-refractivity contribution in [2.24, 2.45) is 24.8 Å². The van der Waals surface area contributed by atoms with Gasteiger partial charge in [0.25, 0.3) is 11.8 Å². The third-order valence-corrected chi connectivity index (χ3v) is 8.93. The molecule has 2 amide bonds. The number of hydrogen-bond donors (Lipinski definition) is 2. The van der Waals surface area contributed by atoms with E-state index in [0.717, 1.165) is 48.4 Å². The second-order valence-corrected chi connectivity index (χ2v) is 11.6. The van der Waals surface area contributed by atoms with Crippen LogP contribution in [0, 0.1) is 17.8 Å². The highest BCUT2D eigenvalue weighted by Gasteiger charge is 2.54. The van der Waals surface area contributed by atoms with Crippen molar-refractivity contribution < 1.29 is 14.0 Å². The molecule has 3 heterocycles. The molecule has 0 atom stereocenters. The number of furan rings is 1. The molecule has 39 heavy (non-hydrogen) atoms. The lowest BCUT2D eigenvalue weighted by Crippen LogP contribution is -2.49. The number of benzene rings is 1. The van der Waals surface area contributed by atoms with Crippen molar-refractivity contribution in [2.45, 2.75) is 50.5 Å². The fourth-order valence-corrected chi connectivity index (χ4v) is 7.70. The molecule has 8 rings (SSSR count). The van der Waals surface area contributed by atoms with E-state index < -0.39 is 0 Å². The fraction of sp³-hybridized carbons (Fsp3) is 0.400. The average Bonchev–Trinajstić information content (AvgIpc) is 3.68. The van der Waals surface area contributed by atoms with Gasteiger partial charge in [-0.3, -0.25) is 14.3 Å². The molecule has 9 nitrogen and oxygen atoms in total. The number of aromatic nitrogens is 4. The molecule has 200 valence electrons. The van der Waals surface area contributed by atoms with Crippen molar-refractivity contribution in [3.63, 3.8) is 0 Å². The van der Waals surface area contributed by atoms with Gasteiger partial charge in [0.2, 0.25) is 0 Å². The Morgan fingerprint density at radius 2 is 1.72 bits per heavy atom. The minimum Gasteiger partial charge on any atom is -0.467 e. The molecule has 0 saturated heterocycles. The van der Waals surface area contributed by atoms with Crippen LogP contribution < -0.4 is 10.6 Å². The van der Waals surface area contributed by atoms with E-state index >= 15 is 0 Å². The molecule has 4 bridgehead atoms. The summed E-state index contributed by atoms with van der Waals surface area (Å²) in [5.41, 5.74) is 2.97. The first-order valence-corrected chi connectivity index (χ1v) is 13.8. The summed E-state index contributed by atoms with van der Waals surface area (Å²) >= 11 is 0. The molecular formula is C30H32N6O3. The lowest BCUT2D eigenvalue weighted by molar-refractivity contribution is -0.00765. The number of anilines is 1. The summed E-state index contributed by atoms with van der Waals surface area (Å²) in [5.74, 6) is 2.19. The quantitative estimate of drug-likeness (QED) is 0.360. The highest BCUT2D eigenvalue weighted by atomic mass is 16.3.